The van der Waals surface area contributed by atoms with Crippen molar-refractivity contribution >= 4 is 11.8 Å². The fraction of sp³-hybridized carbons (Fsp3) is 0.375. The Balaban J connectivity index is 1.94. The molecule has 1 saturated heterocycles. The molecule has 0 bridgehead atoms. The Kier molecular flexibility index (Phi) is 2.08. The second-order valence-electron chi connectivity index (χ2n) is 2.88. The minimum absolute atomic E-state index is 0.0910. The molecule has 2 heterocycles. The quantitative estimate of drug-likeness (QED) is 0.689. The summed E-state index contributed by atoms with van der Waals surface area (Å²) in [6.45, 7) is 1.68. The Morgan fingerprint density at radius 1 is 1.54 bits per heavy atom. The molecule has 0 unspecified atom stereocenters. The van der Waals surface area contributed by atoms with Crippen molar-refractivity contribution in [1.82, 2.24) is 15.1 Å². The molecule has 0 aliphatic carbocycles. The summed E-state index contributed by atoms with van der Waals surface area (Å²) in [5.74, 6) is 0.499. The predicted molar refractivity (Wildman–Crippen MR) is 47.2 cm³/mol. The van der Waals surface area contributed by atoms with Gasteiger partial charge in [0.15, 0.2) is 5.82 Å². The van der Waals surface area contributed by atoms with E-state index >= 15 is 0 Å². The van der Waals surface area contributed by atoms with Crippen molar-refractivity contribution in [3.63, 3.8) is 0 Å². The molecular formula is C8H10N4O. The topological polar surface area (TPSA) is 58.1 Å². The number of urea groups is 1. The standard InChI is InChI=1S/C8H10N4O/c13-8(12-5-2-6-12)10-7-3-1-4-9-11-7/h1,3-4H,2,5-6H2,(H,10,11,13). The predicted octanol–water partition coefficient (Wildman–Crippen LogP) is 0.714. The van der Waals surface area contributed by atoms with Crippen LogP contribution in [0.15, 0.2) is 18.3 Å². The maximum Gasteiger partial charge on any atom is 0.323 e. The van der Waals surface area contributed by atoms with Gasteiger partial charge in [-0.05, 0) is 18.6 Å². The van der Waals surface area contributed by atoms with Crippen LogP contribution in [0.3, 0.4) is 0 Å². The maximum absolute atomic E-state index is 11.3. The number of hydrogen-bond donors (Lipinski definition) is 1. The smallest absolute Gasteiger partial charge is 0.323 e. The van der Waals surface area contributed by atoms with Gasteiger partial charge in [-0.25, -0.2) is 4.79 Å². The van der Waals surface area contributed by atoms with Crippen LogP contribution < -0.4 is 5.32 Å². The zero-order valence-corrected chi connectivity index (χ0v) is 7.10. The minimum Gasteiger partial charge on any atom is -0.324 e. The third-order valence-electron chi connectivity index (χ3n) is 1.95. The van der Waals surface area contributed by atoms with Crippen LogP contribution in [0.1, 0.15) is 6.42 Å². The van der Waals surface area contributed by atoms with Gasteiger partial charge in [0.25, 0.3) is 0 Å². The van der Waals surface area contributed by atoms with Crippen LogP contribution in [-0.2, 0) is 0 Å². The van der Waals surface area contributed by atoms with Crippen LogP contribution in [0.25, 0.3) is 0 Å². The summed E-state index contributed by atoms with van der Waals surface area (Å²) in [7, 11) is 0. The van der Waals surface area contributed by atoms with E-state index in [1.54, 1.807) is 23.2 Å². The lowest BCUT2D eigenvalue weighted by Crippen LogP contribution is -2.44. The summed E-state index contributed by atoms with van der Waals surface area (Å²) >= 11 is 0. The van der Waals surface area contributed by atoms with E-state index in [4.69, 9.17) is 0 Å². The van der Waals surface area contributed by atoms with E-state index in [1.807, 2.05) is 0 Å². The van der Waals surface area contributed by atoms with Crippen LogP contribution in [0, 0.1) is 0 Å². The van der Waals surface area contributed by atoms with Gasteiger partial charge in [-0.15, -0.1) is 5.10 Å². The fourth-order valence-electron chi connectivity index (χ4n) is 1.08. The molecule has 0 spiro atoms. The lowest BCUT2D eigenvalue weighted by Gasteiger charge is -2.30. The largest absolute Gasteiger partial charge is 0.324 e. The number of nitrogens with zero attached hydrogens (tertiary/aromatic N) is 3. The van der Waals surface area contributed by atoms with Crippen molar-refractivity contribution in [2.24, 2.45) is 0 Å². The average molecular weight is 178 g/mol. The highest BCUT2D eigenvalue weighted by molar-refractivity contribution is 5.88. The van der Waals surface area contributed by atoms with Crippen molar-refractivity contribution in [3.8, 4) is 0 Å². The molecule has 0 radical (unpaired) electrons. The molecule has 2 rings (SSSR count). The molecular weight excluding hydrogens is 168 g/mol. The molecule has 1 fully saturated rings. The van der Waals surface area contributed by atoms with Crippen molar-refractivity contribution < 1.29 is 4.79 Å². The summed E-state index contributed by atoms with van der Waals surface area (Å²) in [5, 5.41) is 10.1. The van der Waals surface area contributed by atoms with Gasteiger partial charge in [-0.1, -0.05) is 0 Å². The highest BCUT2D eigenvalue weighted by atomic mass is 16.2. The molecule has 68 valence electrons. The van der Waals surface area contributed by atoms with Gasteiger partial charge in [-0.2, -0.15) is 5.10 Å². The number of likely N-dealkylation sites (tertiary alicyclic amines) is 1. The first-order valence-electron chi connectivity index (χ1n) is 4.20. The Morgan fingerprint density at radius 3 is 2.92 bits per heavy atom. The number of aromatic nitrogens is 2. The molecule has 1 aliphatic heterocycles. The molecule has 2 amide bonds. The van der Waals surface area contributed by atoms with E-state index in [9.17, 15) is 4.79 Å². The number of rotatable bonds is 1. The summed E-state index contributed by atoms with van der Waals surface area (Å²) in [5.41, 5.74) is 0. The highest BCUT2D eigenvalue weighted by Gasteiger charge is 2.19. The number of nitrogens with one attached hydrogen (secondary N) is 1. The monoisotopic (exact) mass is 178 g/mol. The molecule has 1 aliphatic rings. The van der Waals surface area contributed by atoms with Gasteiger partial charge in [-0.3, -0.25) is 5.32 Å². The summed E-state index contributed by atoms with van der Waals surface area (Å²) in [6, 6.07) is 3.36. The molecule has 0 atom stereocenters. The lowest BCUT2D eigenvalue weighted by atomic mass is 10.2. The molecule has 0 saturated carbocycles. The molecule has 5 heteroatoms. The minimum atomic E-state index is -0.0910. The second-order valence-corrected chi connectivity index (χ2v) is 2.88. The normalized spacial score (nSPS) is 14.9. The first-order valence-corrected chi connectivity index (χ1v) is 4.20. The Morgan fingerprint density at radius 2 is 2.38 bits per heavy atom. The van der Waals surface area contributed by atoms with E-state index < -0.39 is 0 Å². The van der Waals surface area contributed by atoms with E-state index in [2.05, 4.69) is 15.5 Å². The molecule has 1 aromatic heterocycles. The fourth-order valence-corrected chi connectivity index (χ4v) is 1.08. The Bertz CT molecular complexity index is 296. The van der Waals surface area contributed by atoms with Crippen LogP contribution >= 0.6 is 0 Å². The van der Waals surface area contributed by atoms with Gasteiger partial charge in [0, 0.05) is 19.3 Å². The van der Waals surface area contributed by atoms with Gasteiger partial charge < -0.3 is 4.90 Å². The summed E-state index contributed by atoms with van der Waals surface area (Å²) in [4.78, 5) is 13.1. The van der Waals surface area contributed by atoms with Crippen LogP contribution in [-0.4, -0.2) is 34.2 Å². The highest BCUT2D eigenvalue weighted by Crippen LogP contribution is 2.08. The zero-order valence-electron chi connectivity index (χ0n) is 7.10. The number of anilines is 1. The Labute approximate surface area is 75.8 Å². The van der Waals surface area contributed by atoms with E-state index in [1.165, 1.54) is 0 Å². The van der Waals surface area contributed by atoms with Crippen LogP contribution in [0.2, 0.25) is 0 Å². The number of amides is 2. The van der Waals surface area contributed by atoms with Crippen LogP contribution in [0.4, 0.5) is 10.6 Å². The maximum atomic E-state index is 11.3. The zero-order chi connectivity index (χ0) is 9.10. The van der Waals surface area contributed by atoms with E-state index in [0.29, 0.717) is 5.82 Å². The van der Waals surface area contributed by atoms with E-state index in [0.717, 1.165) is 19.5 Å². The van der Waals surface area contributed by atoms with Crippen LogP contribution in [0.5, 0.6) is 0 Å². The van der Waals surface area contributed by atoms with E-state index in [-0.39, 0.29) is 6.03 Å². The van der Waals surface area contributed by atoms with Crippen molar-refractivity contribution in [2.75, 3.05) is 18.4 Å². The molecule has 13 heavy (non-hydrogen) atoms. The first-order chi connectivity index (χ1) is 6.36. The third kappa shape index (κ3) is 1.74. The SMILES string of the molecule is O=C(Nc1cccnn1)N1CCC1. The van der Waals surface area contributed by atoms with Crippen molar-refractivity contribution in [2.45, 2.75) is 6.42 Å². The van der Waals surface area contributed by atoms with Gasteiger partial charge >= 0.3 is 6.03 Å². The summed E-state index contributed by atoms with van der Waals surface area (Å²) < 4.78 is 0. The Hall–Kier alpha value is -1.65. The second kappa shape index (κ2) is 3.38. The molecule has 5 nitrogen and oxygen atoms in total. The summed E-state index contributed by atoms with van der Waals surface area (Å²) in [6.07, 6.45) is 2.66. The molecule has 0 aromatic carbocycles. The molecule has 1 N–H and O–H groups in total. The lowest BCUT2D eigenvalue weighted by molar-refractivity contribution is 0.181. The average Bonchev–Trinajstić information content (AvgIpc) is 2.02. The van der Waals surface area contributed by atoms with Crippen molar-refractivity contribution in [3.05, 3.63) is 18.3 Å². The van der Waals surface area contributed by atoms with Gasteiger partial charge in [0.2, 0.25) is 0 Å². The number of carbonyl (C=O) groups is 1. The van der Waals surface area contributed by atoms with Gasteiger partial charge in [0.05, 0.1) is 0 Å². The number of carbonyl (C=O) groups excluding carboxylic acids is 1. The third-order valence-corrected chi connectivity index (χ3v) is 1.95. The molecule has 1 aromatic rings. The van der Waals surface area contributed by atoms with Gasteiger partial charge in [0.1, 0.15) is 0 Å². The number of hydrogen-bond acceptors (Lipinski definition) is 3. The first kappa shape index (κ1) is 7.97. The van der Waals surface area contributed by atoms with Crippen molar-refractivity contribution in [1.29, 1.82) is 0 Å².